The first-order valence-electron chi connectivity index (χ1n) is 11.8. The monoisotopic (exact) mass is 483 g/mol. The van der Waals surface area contributed by atoms with Crippen LogP contribution in [0.3, 0.4) is 0 Å². The molecule has 5 N–H and O–H groups in total. The fourth-order valence-electron chi connectivity index (χ4n) is 3.26. The highest BCUT2D eigenvalue weighted by Gasteiger charge is 2.33. The average molecular weight is 484 g/mol. The maximum Gasteiger partial charge on any atom is 0.407 e. The Kier molecular flexibility index (Phi) is 11.4. The predicted molar refractivity (Wildman–Crippen MR) is 126 cm³/mol. The number of amides is 4. The van der Waals surface area contributed by atoms with Gasteiger partial charge < -0.3 is 20.7 Å². The van der Waals surface area contributed by atoms with Gasteiger partial charge in [0.05, 0.1) is 12.6 Å². The van der Waals surface area contributed by atoms with E-state index in [1.165, 1.54) is 0 Å². The lowest BCUT2D eigenvalue weighted by Gasteiger charge is -2.26. The van der Waals surface area contributed by atoms with E-state index >= 15 is 0 Å². The molecule has 34 heavy (non-hydrogen) atoms. The van der Waals surface area contributed by atoms with Crippen LogP contribution in [-0.2, 0) is 23.9 Å². The average Bonchev–Trinajstić information content (AvgIpc) is 2.85. The van der Waals surface area contributed by atoms with Crippen molar-refractivity contribution in [2.24, 2.45) is 17.3 Å². The second-order valence-electron chi connectivity index (χ2n) is 10.7. The van der Waals surface area contributed by atoms with Crippen LogP contribution in [0, 0.1) is 17.3 Å². The molecule has 1 rings (SSSR count). The van der Waals surface area contributed by atoms with E-state index in [0.29, 0.717) is 19.4 Å². The van der Waals surface area contributed by atoms with Gasteiger partial charge in [0.25, 0.3) is 0 Å². The van der Waals surface area contributed by atoms with Crippen LogP contribution < -0.4 is 26.8 Å². The van der Waals surface area contributed by atoms with Gasteiger partial charge in [0.2, 0.25) is 17.6 Å². The molecule has 0 aromatic heterocycles. The van der Waals surface area contributed by atoms with Crippen molar-refractivity contribution >= 4 is 29.6 Å². The molecular formula is C23H41N5O6. The summed E-state index contributed by atoms with van der Waals surface area (Å²) in [5.74, 6) is -2.52. The highest BCUT2D eigenvalue weighted by molar-refractivity contribution is 6.38. The summed E-state index contributed by atoms with van der Waals surface area (Å²) in [5.41, 5.74) is 4.63. The van der Waals surface area contributed by atoms with Crippen molar-refractivity contribution in [3.63, 3.8) is 0 Å². The third kappa shape index (κ3) is 11.0. The maximum atomic E-state index is 13.1. The SMILES string of the molecule is CC(C)CC(NC(=O)OCC(C)(C)C)C(=O)NC(CC(C)C)C(=O)NC1CCNNC(=O)C1=O. The summed E-state index contributed by atoms with van der Waals surface area (Å²) in [5, 5.41) is 7.91. The van der Waals surface area contributed by atoms with Gasteiger partial charge in [-0.1, -0.05) is 48.5 Å². The summed E-state index contributed by atoms with van der Waals surface area (Å²) >= 11 is 0. The number of nitrogens with one attached hydrogen (secondary N) is 5. The van der Waals surface area contributed by atoms with Crippen LogP contribution in [0.25, 0.3) is 0 Å². The molecule has 11 nitrogen and oxygen atoms in total. The summed E-state index contributed by atoms with van der Waals surface area (Å²) < 4.78 is 5.23. The Morgan fingerprint density at radius 2 is 1.53 bits per heavy atom. The lowest BCUT2D eigenvalue weighted by atomic mass is 9.99. The van der Waals surface area contributed by atoms with E-state index in [-0.39, 0.29) is 30.3 Å². The summed E-state index contributed by atoms with van der Waals surface area (Å²) in [4.78, 5) is 62.3. The number of alkyl carbamates (subject to hydrolysis) is 1. The van der Waals surface area contributed by atoms with Crippen molar-refractivity contribution in [1.29, 1.82) is 0 Å². The molecule has 1 aliphatic rings. The number of hydrogen-bond donors (Lipinski definition) is 5. The number of hydrazine groups is 1. The van der Waals surface area contributed by atoms with Crippen LogP contribution in [0.1, 0.15) is 67.7 Å². The van der Waals surface area contributed by atoms with E-state index in [4.69, 9.17) is 4.74 Å². The molecule has 0 aliphatic carbocycles. The van der Waals surface area contributed by atoms with Gasteiger partial charge in [0, 0.05) is 6.54 Å². The topological polar surface area (TPSA) is 155 Å². The molecule has 1 heterocycles. The molecule has 1 saturated heterocycles. The van der Waals surface area contributed by atoms with Gasteiger partial charge in [-0.3, -0.25) is 24.6 Å². The van der Waals surface area contributed by atoms with Crippen LogP contribution in [0.15, 0.2) is 0 Å². The van der Waals surface area contributed by atoms with Crippen LogP contribution in [-0.4, -0.2) is 60.9 Å². The molecule has 0 aromatic rings. The first kappa shape index (κ1) is 29.3. The lowest BCUT2D eigenvalue weighted by molar-refractivity contribution is -0.140. The molecule has 0 radical (unpaired) electrons. The van der Waals surface area contributed by atoms with E-state index in [2.05, 4.69) is 26.8 Å². The van der Waals surface area contributed by atoms with Crippen LogP contribution >= 0.6 is 0 Å². The van der Waals surface area contributed by atoms with E-state index in [0.717, 1.165) is 0 Å². The standard InChI is InChI=1S/C23H41N5O6/c1-13(2)10-16(19(30)25-15-8-9-24-28-21(32)18(15)29)26-20(31)17(11-14(3)4)27-22(33)34-12-23(5,6)7/h13-17,24H,8-12H2,1-7H3,(H,25,30)(H,26,31)(H,27,33)(H,28,32). The van der Waals surface area contributed by atoms with Gasteiger partial charge in [0.15, 0.2) is 0 Å². The van der Waals surface area contributed by atoms with E-state index in [1.54, 1.807) is 0 Å². The Bertz CT molecular complexity index is 747. The molecule has 1 fully saturated rings. The summed E-state index contributed by atoms with van der Waals surface area (Å²) in [6.07, 6.45) is 0.178. The molecule has 194 valence electrons. The first-order chi connectivity index (χ1) is 15.7. The Morgan fingerprint density at radius 1 is 0.971 bits per heavy atom. The van der Waals surface area contributed by atoms with Gasteiger partial charge in [-0.05, 0) is 36.5 Å². The number of rotatable bonds is 10. The maximum absolute atomic E-state index is 13.1. The van der Waals surface area contributed by atoms with Crippen molar-refractivity contribution < 1.29 is 28.7 Å². The normalized spacial score (nSPS) is 18.6. The van der Waals surface area contributed by atoms with Crippen molar-refractivity contribution in [3.8, 4) is 0 Å². The summed E-state index contributed by atoms with van der Waals surface area (Å²) in [7, 11) is 0. The molecule has 0 saturated carbocycles. The van der Waals surface area contributed by atoms with E-state index < -0.39 is 47.7 Å². The largest absolute Gasteiger partial charge is 0.449 e. The first-order valence-corrected chi connectivity index (χ1v) is 11.8. The zero-order valence-electron chi connectivity index (χ0n) is 21.4. The predicted octanol–water partition coefficient (Wildman–Crippen LogP) is 0.783. The van der Waals surface area contributed by atoms with Crippen molar-refractivity contribution in [2.45, 2.75) is 85.9 Å². The zero-order chi connectivity index (χ0) is 26.1. The molecule has 4 amide bonds. The number of hydrogen-bond acceptors (Lipinski definition) is 7. The minimum absolute atomic E-state index is 0.0547. The third-order valence-corrected chi connectivity index (χ3v) is 4.91. The second-order valence-corrected chi connectivity index (χ2v) is 10.7. The smallest absolute Gasteiger partial charge is 0.407 e. The molecule has 3 atom stereocenters. The van der Waals surface area contributed by atoms with E-state index in [9.17, 15) is 24.0 Å². The molecule has 3 unspecified atom stereocenters. The molecular weight excluding hydrogens is 442 g/mol. The van der Waals surface area contributed by atoms with Crippen molar-refractivity contribution in [2.75, 3.05) is 13.2 Å². The van der Waals surface area contributed by atoms with Crippen molar-refractivity contribution in [1.82, 2.24) is 26.8 Å². The number of ether oxygens (including phenoxy) is 1. The lowest BCUT2D eigenvalue weighted by Crippen LogP contribution is -2.57. The van der Waals surface area contributed by atoms with Gasteiger partial charge in [-0.25, -0.2) is 10.2 Å². The van der Waals surface area contributed by atoms with Gasteiger partial charge >= 0.3 is 12.0 Å². The van der Waals surface area contributed by atoms with Crippen LogP contribution in [0.2, 0.25) is 0 Å². The molecule has 0 aromatic carbocycles. The van der Waals surface area contributed by atoms with Gasteiger partial charge in [0.1, 0.15) is 12.1 Å². The minimum atomic E-state index is -0.994. The Hall–Kier alpha value is -2.69. The molecule has 11 heteroatoms. The summed E-state index contributed by atoms with van der Waals surface area (Å²) in [6.45, 7) is 13.9. The fourth-order valence-corrected chi connectivity index (χ4v) is 3.26. The Balaban J connectivity index is 2.91. The highest BCUT2D eigenvalue weighted by Crippen LogP contribution is 2.14. The fraction of sp³-hybridized carbons (Fsp3) is 0.783. The highest BCUT2D eigenvalue weighted by atomic mass is 16.5. The van der Waals surface area contributed by atoms with Crippen LogP contribution in [0.5, 0.6) is 0 Å². The van der Waals surface area contributed by atoms with Gasteiger partial charge in [-0.2, -0.15) is 0 Å². The number of ketones is 1. The quantitative estimate of drug-likeness (QED) is 0.288. The van der Waals surface area contributed by atoms with E-state index in [1.807, 2.05) is 48.5 Å². The summed E-state index contributed by atoms with van der Waals surface area (Å²) in [6, 6.07) is -2.84. The number of carbonyl (C=O) groups excluding carboxylic acids is 5. The van der Waals surface area contributed by atoms with Crippen LogP contribution in [0.4, 0.5) is 4.79 Å². The molecule has 0 spiro atoms. The Morgan fingerprint density at radius 3 is 2.06 bits per heavy atom. The van der Waals surface area contributed by atoms with Crippen molar-refractivity contribution in [3.05, 3.63) is 0 Å². The van der Waals surface area contributed by atoms with Gasteiger partial charge in [-0.15, -0.1) is 0 Å². The number of carbonyl (C=O) groups is 5. The molecule has 1 aliphatic heterocycles. The number of Topliss-reactive ketones (excluding diaryl/α,β-unsaturated/α-hetero) is 1. The molecule has 0 bridgehead atoms. The minimum Gasteiger partial charge on any atom is -0.449 e. The third-order valence-electron chi connectivity index (χ3n) is 4.91. The zero-order valence-corrected chi connectivity index (χ0v) is 21.4. The Labute approximate surface area is 201 Å². The second kappa shape index (κ2) is 13.3.